The highest BCUT2D eigenvalue weighted by Gasteiger charge is 2.60. The second kappa shape index (κ2) is 6.48. The molecule has 146 valence electrons. The van der Waals surface area contributed by atoms with Gasteiger partial charge in [0, 0.05) is 25.2 Å². The van der Waals surface area contributed by atoms with Crippen LogP contribution in [0, 0.1) is 11.7 Å². The molecule has 27 heavy (non-hydrogen) atoms. The third-order valence-corrected chi connectivity index (χ3v) is 5.43. The van der Waals surface area contributed by atoms with Crippen LogP contribution >= 0.6 is 0 Å². The minimum atomic E-state index is -0.656. The van der Waals surface area contributed by atoms with E-state index in [2.05, 4.69) is 10.1 Å². The summed E-state index contributed by atoms with van der Waals surface area (Å²) in [6, 6.07) is 6.28. The number of fused-ring (bicyclic) bond motifs is 1. The number of carbonyl (C=O) groups is 1. The fourth-order valence-corrected chi connectivity index (χ4v) is 4.21. The zero-order chi connectivity index (χ0) is 19.2. The van der Waals surface area contributed by atoms with E-state index in [0.717, 1.165) is 37.2 Å². The number of oxime groups is 1. The highest BCUT2D eigenvalue weighted by Crippen LogP contribution is 2.43. The van der Waals surface area contributed by atoms with Crippen LogP contribution in [0.4, 0.5) is 9.18 Å². The van der Waals surface area contributed by atoms with Gasteiger partial charge in [-0.3, -0.25) is 4.90 Å². The molecular weight excluding hydrogens is 349 g/mol. The van der Waals surface area contributed by atoms with E-state index in [1.54, 1.807) is 17.0 Å². The molecule has 3 aliphatic rings. The van der Waals surface area contributed by atoms with E-state index in [1.807, 2.05) is 20.8 Å². The number of hydrogen-bond acceptors (Lipinski definition) is 5. The minimum Gasteiger partial charge on any atom is -0.444 e. The molecule has 3 aliphatic heterocycles. The first-order valence-electron chi connectivity index (χ1n) is 9.53. The molecule has 7 heteroatoms. The van der Waals surface area contributed by atoms with Crippen LogP contribution in [-0.2, 0) is 9.57 Å². The third-order valence-electron chi connectivity index (χ3n) is 5.43. The number of nitrogens with zero attached hydrogens (tertiary/aromatic N) is 3. The number of halogens is 1. The molecule has 0 saturated carbocycles. The predicted octanol–water partition coefficient (Wildman–Crippen LogP) is 3.22. The van der Waals surface area contributed by atoms with Gasteiger partial charge in [-0.15, -0.1) is 0 Å². The van der Waals surface area contributed by atoms with Crippen molar-refractivity contribution in [3.8, 4) is 0 Å². The lowest BCUT2D eigenvalue weighted by atomic mass is 9.89. The Morgan fingerprint density at radius 1 is 1.26 bits per heavy atom. The number of rotatable bonds is 2. The second-order valence-electron chi connectivity index (χ2n) is 8.53. The van der Waals surface area contributed by atoms with Gasteiger partial charge < -0.3 is 14.5 Å². The van der Waals surface area contributed by atoms with E-state index in [4.69, 9.17) is 9.57 Å². The molecule has 4 rings (SSSR count). The number of benzene rings is 1. The van der Waals surface area contributed by atoms with Gasteiger partial charge in [0.2, 0.25) is 5.72 Å². The number of hydrogen-bond donors (Lipinski definition) is 0. The molecule has 1 aromatic carbocycles. The normalized spacial score (nSPS) is 28.1. The maximum atomic E-state index is 13.3. The SMILES string of the molecule is CC(C)(C)OC(=O)N1CC2C(c3ccc(F)cc3)=NOC2(N2CCCC2)C1. The fraction of sp³-hybridized carbons (Fsp3) is 0.600. The Morgan fingerprint density at radius 2 is 1.93 bits per heavy atom. The molecule has 3 heterocycles. The standard InChI is InChI=1S/C20H26FN3O3/c1-19(2,3)26-18(25)23-12-16-17(14-6-8-15(21)9-7-14)22-27-20(16,13-23)24-10-4-5-11-24/h6-9,16H,4-5,10-13H2,1-3H3. The van der Waals surface area contributed by atoms with Gasteiger partial charge in [-0.05, 0) is 45.7 Å². The third kappa shape index (κ3) is 3.29. The average molecular weight is 375 g/mol. The van der Waals surface area contributed by atoms with Gasteiger partial charge in [-0.25, -0.2) is 9.18 Å². The van der Waals surface area contributed by atoms with E-state index >= 15 is 0 Å². The van der Waals surface area contributed by atoms with Crippen molar-refractivity contribution < 1.29 is 18.8 Å². The molecule has 2 atom stereocenters. The highest BCUT2D eigenvalue weighted by molar-refractivity contribution is 6.04. The van der Waals surface area contributed by atoms with Gasteiger partial charge >= 0.3 is 6.09 Å². The van der Waals surface area contributed by atoms with E-state index in [1.165, 1.54) is 12.1 Å². The van der Waals surface area contributed by atoms with Crippen LogP contribution in [0.5, 0.6) is 0 Å². The van der Waals surface area contributed by atoms with E-state index < -0.39 is 11.3 Å². The summed E-state index contributed by atoms with van der Waals surface area (Å²) < 4.78 is 18.9. The summed E-state index contributed by atoms with van der Waals surface area (Å²) in [5, 5.41) is 4.38. The monoisotopic (exact) mass is 375 g/mol. The zero-order valence-corrected chi connectivity index (χ0v) is 16.1. The molecule has 2 unspecified atom stereocenters. The van der Waals surface area contributed by atoms with Crippen LogP contribution < -0.4 is 0 Å². The van der Waals surface area contributed by atoms with Gasteiger partial charge in [0.1, 0.15) is 11.4 Å². The first-order valence-corrected chi connectivity index (χ1v) is 9.53. The summed E-state index contributed by atoms with van der Waals surface area (Å²) in [5.74, 6) is -0.376. The largest absolute Gasteiger partial charge is 0.444 e. The van der Waals surface area contributed by atoms with Crippen LogP contribution in [0.1, 0.15) is 39.2 Å². The van der Waals surface area contributed by atoms with Crippen molar-refractivity contribution in [3.63, 3.8) is 0 Å². The molecule has 0 aromatic heterocycles. The molecule has 1 amide bonds. The van der Waals surface area contributed by atoms with Crippen LogP contribution in [0.3, 0.4) is 0 Å². The molecule has 0 N–H and O–H groups in total. The number of likely N-dealkylation sites (tertiary alicyclic amines) is 2. The average Bonchev–Trinajstić information content (AvgIpc) is 3.29. The van der Waals surface area contributed by atoms with Gasteiger partial charge in [-0.1, -0.05) is 17.3 Å². The summed E-state index contributed by atoms with van der Waals surface area (Å²) in [5.41, 5.74) is 0.392. The Labute approximate surface area is 158 Å². The molecule has 1 aromatic rings. The van der Waals surface area contributed by atoms with Gasteiger partial charge in [0.25, 0.3) is 0 Å². The summed E-state index contributed by atoms with van der Waals surface area (Å²) in [6.45, 7) is 8.32. The van der Waals surface area contributed by atoms with Crippen molar-refractivity contribution in [1.82, 2.24) is 9.80 Å². The summed E-state index contributed by atoms with van der Waals surface area (Å²) in [6.07, 6.45) is 1.88. The van der Waals surface area contributed by atoms with Crippen molar-refractivity contribution >= 4 is 11.8 Å². The summed E-state index contributed by atoms with van der Waals surface area (Å²) >= 11 is 0. The maximum Gasteiger partial charge on any atom is 0.410 e. The molecule has 0 spiro atoms. The van der Waals surface area contributed by atoms with Gasteiger partial charge in [0.15, 0.2) is 0 Å². The van der Waals surface area contributed by atoms with E-state index in [-0.39, 0.29) is 17.8 Å². The fourth-order valence-electron chi connectivity index (χ4n) is 4.21. The van der Waals surface area contributed by atoms with Gasteiger partial charge in [0.05, 0.1) is 18.2 Å². The van der Waals surface area contributed by atoms with E-state index in [9.17, 15) is 9.18 Å². The Hall–Kier alpha value is -2.15. The van der Waals surface area contributed by atoms with Gasteiger partial charge in [-0.2, -0.15) is 0 Å². The van der Waals surface area contributed by atoms with Crippen molar-refractivity contribution in [1.29, 1.82) is 0 Å². The molecular formula is C20H26FN3O3. The van der Waals surface area contributed by atoms with Crippen molar-refractivity contribution in [3.05, 3.63) is 35.6 Å². The molecule has 0 bridgehead atoms. The van der Waals surface area contributed by atoms with Crippen molar-refractivity contribution in [2.24, 2.45) is 11.1 Å². The smallest absolute Gasteiger partial charge is 0.410 e. The molecule has 2 saturated heterocycles. The minimum absolute atomic E-state index is 0.0893. The van der Waals surface area contributed by atoms with Crippen LogP contribution in [0.2, 0.25) is 0 Å². The first kappa shape index (κ1) is 18.2. The summed E-state index contributed by atoms with van der Waals surface area (Å²) in [4.78, 5) is 22.7. The molecule has 0 aliphatic carbocycles. The summed E-state index contributed by atoms with van der Waals surface area (Å²) in [7, 11) is 0. The van der Waals surface area contributed by atoms with E-state index in [0.29, 0.717) is 13.1 Å². The predicted molar refractivity (Wildman–Crippen MR) is 98.9 cm³/mol. The van der Waals surface area contributed by atoms with Crippen molar-refractivity contribution in [2.75, 3.05) is 26.2 Å². The Morgan fingerprint density at radius 3 is 2.56 bits per heavy atom. The maximum absolute atomic E-state index is 13.3. The first-order chi connectivity index (χ1) is 12.8. The Bertz CT molecular complexity index is 753. The van der Waals surface area contributed by atoms with Crippen LogP contribution in [-0.4, -0.2) is 59.1 Å². The Kier molecular flexibility index (Phi) is 4.37. The zero-order valence-electron chi connectivity index (χ0n) is 16.1. The molecule has 2 fully saturated rings. The quantitative estimate of drug-likeness (QED) is 0.796. The molecule has 6 nitrogen and oxygen atoms in total. The topological polar surface area (TPSA) is 54.4 Å². The lowest BCUT2D eigenvalue weighted by molar-refractivity contribution is -0.136. The number of amides is 1. The van der Waals surface area contributed by atoms with Crippen LogP contribution in [0.15, 0.2) is 29.4 Å². The second-order valence-corrected chi connectivity index (χ2v) is 8.53. The lowest BCUT2D eigenvalue weighted by Gasteiger charge is -2.35. The number of carbonyl (C=O) groups excluding carboxylic acids is 1. The Balaban J connectivity index is 1.62. The van der Waals surface area contributed by atoms with Crippen molar-refractivity contribution in [2.45, 2.75) is 44.9 Å². The lowest BCUT2D eigenvalue weighted by Crippen LogP contribution is -2.54. The highest BCUT2D eigenvalue weighted by atomic mass is 19.1. The molecule has 0 radical (unpaired) electrons. The number of ether oxygens (including phenoxy) is 1. The van der Waals surface area contributed by atoms with Crippen LogP contribution in [0.25, 0.3) is 0 Å².